The van der Waals surface area contributed by atoms with Gasteiger partial charge in [0.25, 0.3) is 0 Å². The van der Waals surface area contributed by atoms with Crippen molar-refractivity contribution in [1.82, 2.24) is 5.06 Å². The molecule has 0 saturated carbocycles. The third-order valence-corrected chi connectivity index (χ3v) is 4.21. The minimum absolute atomic E-state index is 0.307. The lowest BCUT2D eigenvalue weighted by Crippen LogP contribution is -2.44. The van der Waals surface area contributed by atoms with Crippen molar-refractivity contribution in [1.29, 1.82) is 0 Å². The van der Waals surface area contributed by atoms with Crippen LogP contribution >= 0.6 is 0 Å². The molecular weight excluding hydrogens is 278 g/mol. The molecule has 134 valence electrons. The van der Waals surface area contributed by atoms with Crippen LogP contribution in [0.3, 0.4) is 0 Å². The molecule has 0 aromatic rings. The molecule has 0 unspecified atom stereocenters. The summed E-state index contributed by atoms with van der Waals surface area (Å²) in [5, 5.41) is 28.1. The summed E-state index contributed by atoms with van der Waals surface area (Å²) < 4.78 is 0. The minimum Gasteiger partial charge on any atom is -0.352 e. The quantitative estimate of drug-likeness (QED) is 0.217. The molecule has 0 aromatic carbocycles. The van der Waals surface area contributed by atoms with Crippen LogP contribution in [0, 0.1) is 0 Å². The van der Waals surface area contributed by atoms with Crippen molar-refractivity contribution in [2.75, 3.05) is 6.54 Å². The number of hydroxylamine groups is 2. The maximum absolute atomic E-state index is 9.31. The summed E-state index contributed by atoms with van der Waals surface area (Å²) in [6, 6.07) is 0. The van der Waals surface area contributed by atoms with Crippen LogP contribution in [0.25, 0.3) is 0 Å². The van der Waals surface area contributed by atoms with E-state index in [1.54, 1.807) is 0 Å². The van der Waals surface area contributed by atoms with Crippen LogP contribution in [0.1, 0.15) is 104 Å². The highest BCUT2D eigenvalue weighted by atomic mass is 16.6. The van der Waals surface area contributed by atoms with Gasteiger partial charge in [-0.2, -0.15) is 0 Å². The fourth-order valence-electron chi connectivity index (χ4n) is 2.67. The second-order valence-corrected chi connectivity index (χ2v) is 6.69. The summed E-state index contributed by atoms with van der Waals surface area (Å²) in [6.07, 6.45) is 18.0. The van der Waals surface area contributed by atoms with Crippen LogP contribution in [-0.2, 0) is 0 Å². The van der Waals surface area contributed by atoms with E-state index in [1.807, 2.05) is 0 Å². The van der Waals surface area contributed by atoms with Gasteiger partial charge in [0.2, 0.25) is 5.91 Å². The van der Waals surface area contributed by atoms with Gasteiger partial charge in [-0.05, 0) is 6.42 Å². The third kappa shape index (κ3) is 14.8. The molecule has 0 spiro atoms. The topological polar surface area (TPSA) is 63.9 Å². The molecule has 0 aliphatic carbocycles. The van der Waals surface area contributed by atoms with Crippen molar-refractivity contribution >= 4 is 0 Å². The Hall–Kier alpha value is -0.160. The summed E-state index contributed by atoms with van der Waals surface area (Å²) in [7, 11) is 0. The lowest BCUT2D eigenvalue weighted by Gasteiger charge is -2.25. The second kappa shape index (κ2) is 14.4. The standard InChI is InChI=1S/C18H39NO3/c1-3-4-5-6-7-8-9-10-11-12-13-14-15-16-17-19(22)18(2,20)21/h20-22H,3-17H2,1-2H3. The molecule has 0 radical (unpaired) electrons. The SMILES string of the molecule is CCCCCCCCCCCCCCCCN(O)C(C)(O)O. The van der Waals surface area contributed by atoms with E-state index in [4.69, 9.17) is 10.2 Å². The predicted molar refractivity (Wildman–Crippen MR) is 91.6 cm³/mol. The average molecular weight is 318 g/mol. The fraction of sp³-hybridized carbons (Fsp3) is 1.00. The van der Waals surface area contributed by atoms with E-state index >= 15 is 0 Å². The summed E-state index contributed by atoms with van der Waals surface area (Å²) in [5.74, 6) is -2.11. The summed E-state index contributed by atoms with van der Waals surface area (Å²) in [6.45, 7) is 3.73. The van der Waals surface area contributed by atoms with Crippen LogP contribution < -0.4 is 0 Å². The number of hydrogen-bond donors (Lipinski definition) is 3. The van der Waals surface area contributed by atoms with Crippen molar-refractivity contribution in [2.45, 2.75) is 110 Å². The van der Waals surface area contributed by atoms with Crippen LogP contribution in [-0.4, -0.2) is 32.9 Å². The van der Waals surface area contributed by atoms with Gasteiger partial charge in [0.05, 0.1) is 0 Å². The lowest BCUT2D eigenvalue weighted by molar-refractivity contribution is -0.351. The molecule has 22 heavy (non-hydrogen) atoms. The predicted octanol–water partition coefficient (Wildman–Crippen LogP) is 4.82. The summed E-state index contributed by atoms with van der Waals surface area (Å²) in [5.41, 5.74) is 0. The molecule has 4 nitrogen and oxygen atoms in total. The Morgan fingerprint density at radius 3 is 1.27 bits per heavy atom. The Morgan fingerprint density at radius 1 is 0.636 bits per heavy atom. The van der Waals surface area contributed by atoms with E-state index in [0.29, 0.717) is 11.6 Å². The number of rotatable bonds is 16. The number of nitrogens with zero attached hydrogens (tertiary/aromatic N) is 1. The Morgan fingerprint density at radius 2 is 0.955 bits per heavy atom. The van der Waals surface area contributed by atoms with E-state index < -0.39 is 5.91 Å². The van der Waals surface area contributed by atoms with E-state index in [-0.39, 0.29) is 0 Å². The molecule has 0 saturated heterocycles. The van der Waals surface area contributed by atoms with Gasteiger partial charge in [0.1, 0.15) is 0 Å². The highest BCUT2D eigenvalue weighted by Gasteiger charge is 2.23. The molecule has 0 aliphatic heterocycles. The molecule has 0 fully saturated rings. The van der Waals surface area contributed by atoms with Gasteiger partial charge in [-0.3, -0.25) is 0 Å². The van der Waals surface area contributed by atoms with Crippen molar-refractivity contribution in [2.24, 2.45) is 0 Å². The van der Waals surface area contributed by atoms with E-state index in [9.17, 15) is 5.21 Å². The Bertz CT molecular complexity index is 229. The molecule has 4 heteroatoms. The van der Waals surface area contributed by atoms with Gasteiger partial charge in [-0.15, -0.1) is 5.06 Å². The number of hydrogen-bond acceptors (Lipinski definition) is 4. The first kappa shape index (κ1) is 21.8. The van der Waals surface area contributed by atoms with Gasteiger partial charge in [-0.1, -0.05) is 90.4 Å². The van der Waals surface area contributed by atoms with E-state index in [0.717, 1.165) is 19.8 Å². The van der Waals surface area contributed by atoms with Crippen LogP contribution in [0.4, 0.5) is 0 Å². The summed E-state index contributed by atoms with van der Waals surface area (Å²) in [4.78, 5) is 0. The maximum Gasteiger partial charge on any atom is 0.243 e. The first-order valence-corrected chi connectivity index (χ1v) is 9.39. The van der Waals surface area contributed by atoms with E-state index in [1.165, 1.54) is 77.0 Å². The van der Waals surface area contributed by atoms with Crippen molar-refractivity contribution in [3.05, 3.63) is 0 Å². The van der Waals surface area contributed by atoms with Gasteiger partial charge in [-0.25, -0.2) is 0 Å². The van der Waals surface area contributed by atoms with E-state index in [2.05, 4.69) is 6.92 Å². The van der Waals surface area contributed by atoms with Crippen molar-refractivity contribution < 1.29 is 15.4 Å². The molecule has 0 aromatic heterocycles. The first-order chi connectivity index (χ1) is 10.5. The maximum atomic E-state index is 9.31. The largest absolute Gasteiger partial charge is 0.352 e. The van der Waals surface area contributed by atoms with Gasteiger partial charge < -0.3 is 15.4 Å². The number of unbranched alkanes of at least 4 members (excludes halogenated alkanes) is 13. The van der Waals surface area contributed by atoms with Crippen LogP contribution in [0.2, 0.25) is 0 Å². The average Bonchev–Trinajstić information content (AvgIpc) is 2.46. The molecule has 0 amide bonds. The van der Waals surface area contributed by atoms with Crippen molar-refractivity contribution in [3.8, 4) is 0 Å². The normalized spacial score (nSPS) is 12.3. The highest BCUT2D eigenvalue weighted by molar-refractivity contribution is 4.54. The zero-order chi connectivity index (χ0) is 16.7. The monoisotopic (exact) mass is 317 g/mol. The number of aliphatic hydroxyl groups is 2. The molecule has 0 bridgehead atoms. The van der Waals surface area contributed by atoms with Crippen molar-refractivity contribution in [3.63, 3.8) is 0 Å². The molecule has 3 N–H and O–H groups in total. The minimum atomic E-state index is -2.11. The summed E-state index contributed by atoms with van der Waals surface area (Å²) >= 11 is 0. The zero-order valence-electron chi connectivity index (χ0n) is 14.9. The molecule has 0 rings (SSSR count). The smallest absolute Gasteiger partial charge is 0.243 e. The van der Waals surface area contributed by atoms with Crippen LogP contribution in [0.15, 0.2) is 0 Å². The molecular formula is C18H39NO3. The Balaban J connectivity index is 3.12. The van der Waals surface area contributed by atoms with Gasteiger partial charge in [0, 0.05) is 13.5 Å². The van der Waals surface area contributed by atoms with Gasteiger partial charge in [0.15, 0.2) is 0 Å². The zero-order valence-corrected chi connectivity index (χ0v) is 14.9. The highest BCUT2D eigenvalue weighted by Crippen LogP contribution is 2.13. The molecule has 0 heterocycles. The fourth-order valence-corrected chi connectivity index (χ4v) is 2.67. The van der Waals surface area contributed by atoms with Crippen LogP contribution in [0.5, 0.6) is 0 Å². The third-order valence-electron chi connectivity index (χ3n) is 4.21. The second-order valence-electron chi connectivity index (χ2n) is 6.69. The first-order valence-electron chi connectivity index (χ1n) is 9.39. The Labute approximate surface area is 137 Å². The van der Waals surface area contributed by atoms with Gasteiger partial charge >= 0.3 is 0 Å². The lowest BCUT2D eigenvalue weighted by atomic mass is 10.0. The molecule has 0 aliphatic rings. The molecule has 0 atom stereocenters. The Kier molecular flexibility index (Phi) is 14.3.